The Morgan fingerprint density at radius 1 is 1.47 bits per heavy atom. The van der Waals surface area contributed by atoms with Crippen molar-refractivity contribution in [1.29, 1.82) is 0 Å². The summed E-state index contributed by atoms with van der Waals surface area (Å²) in [6.45, 7) is 4.21. The summed E-state index contributed by atoms with van der Waals surface area (Å²) in [5.74, 6) is 1.71. The van der Waals surface area contributed by atoms with E-state index in [-0.39, 0.29) is 0 Å². The molecule has 3 heteroatoms. The van der Waals surface area contributed by atoms with E-state index in [0.717, 1.165) is 24.7 Å². The molecule has 0 spiro atoms. The first-order chi connectivity index (χ1) is 8.24. The average molecular weight is 254 g/mol. The molecule has 0 N–H and O–H groups in total. The lowest BCUT2D eigenvalue weighted by Gasteiger charge is -2.23. The number of ether oxygens (including phenoxy) is 1. The molecular formula is C14H20ClNO. The summed E-state index contributed by atoms with van der Waals surface area (Å²) in [7, 11) is 1.73. The Labute approximate surface area is 109 Å². The van der Waals surface area contributed by atoms with Crippen LogP contribution in [0.25, 0.3) is 0 Å². The number of likely N-dealkylation sites (tertiary alicyclic amines) is 1. The molecule has 1 aliphatic heterocycles. The summed E-state index contributed by atoms with van der Waals surface area (Å²) in [5.41, 5.74) is 2.55. The first-order valence-corrected chi connectivity index (χ1v) is 6.71. The van der Waals surface area contributed by atoms with Crippen LogP contribution >= 0.6 is 11.6 Å². The average Bonchev–Trinajstić information content (AvgIpc) is 2.77. The van der Waals surface area contributed by atoms with Gasteiger partial charge in [0, 0.05) is 24.0 Å². The van der Waals surface area contributed by atoms with Crippen LogP contribution in [0.1, 0.15) is 24.0 Å². The normalized spacial score (nSPS) is 20.8. The van der Waals surface area contributed by atoms with Gasteiger partial charge in [-0.1, -0.05) is 17.7 Å². The Morgan fingerprint density at radius 2 is 2.29 bits per heavy atom. The van der Waals surface area contributed by atoms with Gasteiger partial charge < -0.3 is 4.74 Å². The second kappa shape index (κ2) is 5.74. The number of methoxy groups -OCH3 is 1. The highest BCUT2D eigenvalue weighted by Gasteiger charge is 2.24. The number of nitrogens with zero attached hydrogens (tertiary/aromatic N) is 1. The second-order valence-corrected chi connectivity index (χ2v) is 5.04. The van der Waals surface area contributed by atoms with Crippen molar-refractivity contribution in [3.63, 3.8) is 0 Å². The molecule has 1 saturated heterocycles. The molecule has 0 radical (unpaired) electrons. The van der Waals surface area contributed by atoms with E-state index < -0.39 is 0 Å². The fourth-order valence-corrected chi connectivity index (χ4v) is 2.88. The van der Waals surface area contributed by atoms with Crippen molar-refractivity contribution in [1.82, 2.24) is 4.90 Å². The smallest absolute Gasteiger partial charge is 0.123 e. The predicted octanol–water partition coefficient (Wildman–Crippen LogP) is 3.21. The highest BCUT2D eigenvalue weighted by Crippen LogP contribution is 2.26. The van der Waals surface area contributed by atoms with Crippen molar-refractivity contribution in [3.8, 4) is 5.75 Å². The van der Waals surface area contributed by atoms with Gasteiger partial charge in [0.25, 0.3) is 0 Å². The Kier molecular flexibility index (Phi) is 4.30. The van der Waals surface area contributed by atoms with Gasteiger partial charge in [-0.25, -0.2) is 0 Å². The SMILES string of the molecule is COc1ccc(C)cc1CN1CCCC1CCl. The fraction of sp³-hybridized carbons (Fsp3) is 0.571. The van der Waals surface area contributed by atoms with E-state index in [9.17, 15) is 0 Å². The third-order valence-electron chi connectivity index (χ3n) is 3.49. The first kappa shape index (κ1) is 12.7. The Balaban J connectivity index is 2.14. The summed E-state index contributed by atoms with van der Waals surface area (Å²) in [6, 6.07) is 6.88. The van der Waals surface area contributed by atoms with E-state index in [1.54, 1.807) is 7.11 Å². The lowest BCUT2D eigenvalue weighted by molar-refractivity contribution is 0.258. The van der Waals surface area contributed by atoms with Crippen molar-refractivity contribution in [2.24, 2.45) is 0 Å². The maximum atomic E-state index is 6.00. The van der Waals surface area contributed by atoms with Gasteiger partial charge in [0.15, 0.2) is 0 Å². The predicted molar refractivity (Wildman–Crippen MR) is 71.9 cm³/mol. The number of hydrogen-bond donors (Lipinski definition) is 0. The van der Waals surface area contributed by atoms with Crippen LogP contribution in [0.4, 0.5) is 0 Å². The number of halogens is 1. The van der Waals surface area contributed by atoms with E-state index in [0.29, 0.717) is 6.04 Å². The molecule has 0 bridgehead atoms. The van der Waals surface area contributed by atoms with Crippen LogP contribution in [-0.4, -0.2) is 30.5 Å². The minimum atomic E-state index is 0.530. The molecule has 1 fully saturated rings. The fourth-order valence-electron chi connectivity index (χ4n) is 2.53. The Hall–Kier alpha value is -0.730. The molecule has 94 valence electrons. The minimum Gasteiger partial charge on any atom is -0.496 e. The van der Waals surface area contributed by atoms with E-state index >= 15 is 0 Å². The van der Waals surface area contributed by atoms with E-state index in [4.69, 9.17) is 16.3 Å². The molecule has 0 amide bonds. The molecule has 1 heterocycles. The Morgan fingerprint density at radius 3 is 3.00 bits per heavy atom. The summed E-state index contributed by atoms with van der Waals surface area (Å²) in [4.78, 5) is 2.46. The molecule has 1 aromatic rings. The van der Waals surface area contributed by atoms with Crippen molar-refractivity contribution in [2.45, 2.75) is 32.4 Å². The number of benzene rings is 1. The van der Waals surface area contributed by atoms with Crippen molar-refractivity contribution >= 4 is 11.6 Å². The second-order valence-electron chi connectivity index (χ2n) is 4.74. The molecule has 0 aliphatic carbocycles. The van der Waals surface area contributed by atoms with E-state index in [1.165, 1.54) is 24.0 Å². The van der Waals surface area contributed by atoms with Crippen LogP contribution in [0.5, 0.6) is 5.75 Å². The molecule has 1 unspecified atom stereocenters. The molecule has 0 aromatic heterocycles. The molecule has 1 atom stereocenters. The van der Waals surface area contributed by atoms with Crippen molar-refractivity contribution < 1.29 is 4.74 Å². The summed E-state index contributed by atoms with van der Waals surface area (Å²) < 4.78 is 5.42. The lowest BCUT2D eigenvalue weighted by atomic mass is 10.1. The molecule has 17 heavy (non-hydrogen) atoms. The van der Waals surface area contributed by atoms with Crippen LogP contribution in [-0.2, 0) is 6.54 Å². The molecule has 1 aromatic carbocycles. The number of alkyl halides is 1. The molecule has 1 aliphatic rings. The van der Waals surface area contributed by atoms with Gasteiger partial charge in [0.1, 0.15) is 5.75 Å². The molecular weight excluding hydrogens is 234 g/mol. The third kappa shape index (κ3) is 2.93. The van der Waals surface area contributed by atoms with Crippen LogP contribution < -0.4 is 4.74 Å². The van der Waals surface area contributed by atoms with Gasteiger partial charge in [0.2, 0.25) is 0 Å². The van der Waals surface area contributed by atoms with Crippen LogP contribution in [0, 0.1) is 6.92 Å². The van der Waals surface area contributed by atoms with Gasteiger partial charge >= 0.3 is 0 Å². The van der Waals surface area contributed by atoms with E-state index in [1.807, 2.05) is 0 Å². The topological polar surface area (TPSA) is 12.5 Å². The zero-order valence-electron chi connectivity index (χ0n) is 10.6. The summed E-state index contributed by atoms with van der Waals surface area (Å²) in [6.07, 6.45) is 2.48. The van der Waals surface area contributed by atoms with E-state index in [2.05, 4.69) is 30.0 Å². The molecule has 2 nitrogen and oxygen atoms in total. The molecule has 0 saturated carbocycles. The largest absolute Gasteiger partial charge is 0.496 e. The van der Waals surface area contributed by atoms with Gasteiger partial charge in [0.05, 0.1) is 7.11 Å². The van der Waals surface area contributed by atoms with Crippen LogP contribution in [0.15, 0.2) is 18.2 Å². The highest BCUT2D eigenvalue weighted by molar-refractivity contribution is 6.18. The van der Waals surface area contributed by atoms with Gasteiger partial charge in [-0.05, 0) is 32.4 Å². The highest BCUT2D eigenvalue weighted by atomic mass is 35.5. The van der Waals surface area contributed by atoms with Crippen molar-refractivity contribution in [3.05, 3.63) is 29.3 Å². The van der Waals surface area contributed by atoms with Crippen molar-refractivity contribution in [2.75, 3.05) is 19.5 Å². The monoisotopic (exact) mass is 253 g/mol. The summed E-state index contributed by atoms with van der Waals surface area (Å²) >= 11 is 6.00. The van der Waals surface area contributed by atoms with Gasteiger partial charge in [-0.15, -0.1) is 11.6 Å². The standard InChI is InChI=1S/C14H20ClNO/c1-11-5-6-14(17-2)12(8-11)10-16-7-3-4-13(16)9-15/h5-6,8,13H,3-4,7,9-10H2,1-2H3. The zero-order chi connectivity index (χ0) is 12.3. The maximum Gasteiger partial charge on any atom is 0.123 e. The zero-order valence-corrected chi connectivity index (χ0v) is 11.3. The summed E-state index contributed by atoms with van der Waals surface area (Å²) in [5, 5.41) is 0. The van der Waals surface area contributed by atoms with Gasteiger partial charge in [-0.3, -0.25) is 4.90 Å². The molecule has 2 rings (SSSR count). The van der Waals surface area contributed by atoms with Crippen LogP contribution in [0.2, 0.25) is 0 Å². The maximum absolute atomic E-state index is 6.00. The van der Waals surface area contributed by atoms with Crippen LogP contribution in [0.3, 0.4) is 0 Å². The number of hydrogen-bond acceptors (Lipinski definition) is 2. The third-order valence-corrected chi connectivity index (χ3v) is 3.84. The number of aryl methyl sites for hydroxylation is 1. The quantitative estimate of drug-likeness (QED) is 0.764. The Bertz CT molecular complexity index is 380. The van der Waals surface area contributed by atoms with Gasteiger partial charge in [-0.2, -0.15) is 0 Å². The first-order valence-electron chi connectivity index (χ1n) is 6.18. The lowest BCUT2D eigenvalue weighted by Crippen LogP contribution is -2.30. The minimum absolute atomic E-state index is 0.530. The number of rotatable bonds is 4.